The number of nitrogens with zero attached hydrogens (tertiary/aromatic N) is 3. The van der Waals surface area contributed by atoms with Crippen LogP contribution in [0.25, 0.3) is 11.3 Å². The Labute approximate surface area is 151 Å². The van der Waals surface area contributed by atoms with Gasteiger partial charge in [0, 0.05) is 36.5 Å². The molecule has 4 rings (SSSR count). The van der Waals surface area contributed by atoms with Crippen LogP contribution < -0.4 is 0 Å². The second-order valence-electron chi connectivity index (χ2n) is 6.83. The maximum Gasteiger partial charge on any atom is 0.253 e. The summed E-state index contributed by atoms with van der Waals surface area (Å²) in [6.45, 7) is 2.84. The predicted molar refractivity (Wildman–Crippen MR) is 96.5 cm³/mol. The lowest BCUT2D eigenvalue weighted by atomic mass is 10.00. The van der Waals surface area contributed by atoms with E-state index in [9.17, 15) is 9.90 Å². The highest BCUT2D eigenvalue weighted by Crippen LogP contribution is 2.24. The highest BCUT2D eigenvalue weighted by molar-refractivity contribution is 5.94. The molecule has 2 aromatic heterocycles. The number of hydrogen-bond acceptors (Lipinski definition) is 4. The third-order valence-corrected chi connectivity index (χ3v) is 4.87. The van der Waals surface area contributed by atoms with E-state index in [0.717, 1.165) is 22.6 Å². The summed E-state index contributed by atoms with van der Waals surface area (Å²) in [6, 6.07) is 11.3. The number of carbonyl (C=O) groups excluding carboxylic acids is 1. The summed E-state index contributed by atoms with van der Waals surface area (Å²) in [5, 5.41) is 24.3. The first-order valence-corrected chi connectivity index (χ1v) is 8.68. The molecule has 0 saturated carbocycles. The van der Waals surface area contributed by atoms with Crippen molar-refractivity contribution in [3.63, 3.8) is 0 Å². The number of amides is 1. The zero-order valence-electron chi connectivity index (χ0n) is 14.5. The highest BCUT2D eigenvalue weighted by atomic mass is 16.3. The Bertz CT molecular complexity index is 885. The lowest BCUT2D eigenvalue weighted by molar-refractivity contribution is 0.0764. The monoisotopic (exact) mass is 351 g/mol. The molecule has 3 aromatic rings. The second-order valence-corrected chi connectivity index (χ2v) is 6.83. The Hall–Kier alpha value is -2.93. The van der Waals surface area contributed by atoms with Crippen LogP contribution in [0.2, 0.25) is 0 Å². The molecule has 1 amide bonds. The van der Waals surface area contributed by atoms with Gasteiger partial charge in [-0.1, -0.05) is 12.1 Å². The van der Waals surface area contributed by atoms with Gasteiger partial charge in [-0.2, -0.15) is 10.2 Å². The summed E-state index contributed by atoms with van der Waals surface area (Å²) < 4.78 is 0. The standard InChI is InChI=1S/C19H21N5O2/c1-12-8-16(22-21-12)9-15-10-24(11-18(15)25)19(26)14-4-2-13(3-5-14)17-6-7-20-23-17/h2-8,15,18,25H,9-11H2,1H3,(H,20,23)(H,21,22)/t15-,18-/m1/s1. The van der Waals surface area contributed by atoms with Crippen molar-refractivity contribution in [3.05, 3.63) is 59.5 Å². The van der Waals surface area contributed by atoms with Crippen LogP contribution in [0.5, 0.6) is 0 Å². The summed E-state index contributed by atoms with van der Waals surface area (Å²) in [4.78, 5) is 14.5. The fourth-order valence-electron chi connectivity index (χ4n) is 3.46. The molecule has 0 radical (unpaired) electrons. The van der Waals surface area contributed by atoms with Crippen molar-refractivity contribution in [1.29, 1.82) is 0 Å². The molecular formula is C19H21N5O2. The van der Waals surface area contributed by atoms with Gasteiger partial charge in [0.2, 0.25) is 0 Å². The van der Waals surface area contributed by atoms with Crippen molar-refractivity contribution in [2.45, 2.75) is 19.4 Å². The first-order chi connectivity index (χ1) is 12.6. The quantitative estimate of drug-likeness (QED) is 0.667. The van der Waals surface area contributed by atoms with E-state index in [2.05, 4.69) is 20.4 Å². The van der Waals surface area contributed by atoms with Crippen LogP contribution in [0.3, 0.4) is 0 Å². The van der Waals surface area contributed by atoms with Gasteiger partial charge in [0.1, 0.15) is 0 Å². The van der Waals surface area contributed by atoms with Crippen LogP contribution >= 0.6 is 0 Å². The lowest BCUT2D eigenvalue weighted by Crippen LogP contribution is -2.29. The van der Waals surface area contributed by atoms with Crippen LogP contribution in [-0.2, 0) is 6.42 Å². The van der Waals surface area contributed by atoms with Crippen LogP contribution in [0.15, 0.2) is 42.6 Å². The number of benzene rings is 1. The number of aliphatic hydroxyl groups excluding tert-OH is 1. The molecule has 1 saturated heterocycles. The summed E-state index contributed by atoms with van der Waals surface area (Å²) in [5.41, 5.74) is 4.43. The number of aryl methyl sites for hydroxylation is 1. The van der Waals surface area contributed by atoms with Gasteiger partial charge in [0.25, 0.3) is 5.91 Å². The summed E-state index contributed by atoms with van der Waals surface area (Å²) >= 11 is 0. The molecule has 134 valence electrons. The van der Waals surface area contributed by atoms with E-state index in [1.807, 2.05) is 43.3 Å². The maximum absolute atomic E-state index is 12.8. The molecule has 7 nitrogen and oxygen atoms in total. The molecule has 26 heavy (non-hydrogen) atoms. The molecule has 0 bridgehead atoms. The number of aromatic amines is 2. The number of β-amino-alcohol motifs (C(OH)–C–C–N with tert-alkyl or cyclic N) is 1. The van der Waals surface area contributed by atoms with E-state index in [0.29, 0.717) is 25.1 Å². The van der Waals surface area contributed by atoms with Crippen molar-refractivity contribution in [2.24, 2.45) is 5.92 Å². The Morgan fingerprint density at radius 2 is 2.04 bits per heavy atom. The number of hydrogen-bond donors (Lipinski definition) is 3. The first-order valence-electron chi connectivity index (χ1n) is 8.68. The van der Waals surface area contributed by atoms with Gasteiger partial charge in [-0.3, -0.25) is 15.0 Å². The Morgan fingerprint density at radius 3 is 2.69 bits per heavy atom. The van der Waals surface area contributed by atoms with Crippen LogP contribution in [0.1, 0.15) is 21.7 Å². The minimum absolute atomic E-state index is 0.00548. The van der Waals surface area contributed by atoms with E-state index in [1.165, 1.54) is 0 Å². The van der Waals surface area contributed by atoms with E-state index in [-0.39, 0.29) is 11.8 Å². The predicted octanol–water partition coefficient (Wildman–Crippen LogP) is 1.78. The van der Waals surface area contributed by atoms with Gasteiger partial charge >= 0.3 is 0 Å². The van der Waals surface area contributed by atoms with Gasteiger partial charge in [-0.15, -0.1) is 0 Å². The van der Waals surface area contributed by atoms with Gasteiger partial charge in [-0.25, -0.2) is 0 Å². The largest absolute Gasteiger partial charge is 0.391 e. The molecule has 0 aliphatic carbocycles. The zero-order chi connectivity index (χ0) is 18.1. The van der Waals surface area contributed by atoms with E-state index in [4.69, 9.17) is 0 Å². The minimum Gasteiger partial charge on any atom is -0.391 e. The van der Waals surface area contributed by atoms with E-state index >= 15 is 0 Å². The first kappa shape index (κ1) is 16.5. The van der Waals surface area contributed by atoms with Crippen molar-refractivity contribution in [2.75, 3.05) is 13.1 Å². The fourth-order valence-corrected chi connectivity index (χ4v) is 3.46. The number of rotatable bonds is 4. The van der Waals surface area contributed by atoms with Crippen molar-refractivity contribution < 1.29 is 9.90 Å². The highest BCUT2D eigenvalue weighted by Gasteiger charge is 2.34. The average molecular weight is 351 g/mol. The van der Waals surface area contributed by atoms with Crippen LogP contribution in [0.4, 0.5) is 0 Å². The number of nitrogens with one attached hydrogen (secondary N) is 2. The van der Waals surface area contributed by atoms with Crippen LogP contribution in [-0.4, -0.2) is 55.5 Å². The molecule has 1 fully saturated rings. The fraction of sp³-hybridized carbons (Fsp3) is 0.316. The third-order valence-electron chi connectivity index (χ3n) is 4.87. The zero-order valence-corrected chi connectivity index (χ0v) is 14.5. The van der Waals surface area contributed by atoms with Crippen LogP contribution in [0, 0.1) is 12.8 Å². The number of likely N-dealkylation sites (tertiary alicyclic amines) is 1. The Kier molecular flexibility index (Phi) is 4.30. The SMILES string of the molecule is Cc1cc(C[C@@H]2CN(C(=O)c3ccc(-c4ccn[nH]4)cc3)C[C@H]2O)n[nH]1. The molecule has 2 atom stereocenters. The van der Waals surface area contributed by atoms with Gasteiger partial charge in [-0.05, 0) is 43.2 Å². The number of aliphatic hydroxyl groups is 1. The normalized spacial score (nSPS) is 19.8. The molecule has 3 N–H and O–H groups in total. The molecule has 0 spiro atoms. The summed E-state index contributed by atoms with van der Waals surface area (Å²) in [6.07, 6.45) is 1.83. The van der Waals surface area contributed by atoms with Gasteiger partial charge in [0.05, 0.1) is 17.5 Å². The molecule has 1 aliphatic rings. The van der Waals surface area contributed by atoms with Gasteiger partial charge in [0.15, 0.2) is 0 Å². The lowest BCUT2D eigenvalue weighted by Gasteiger charge is -2.16. The maximum atomic E-state index is 12.8. The topological polar surface area (TPSA) is 97.9 Å². The Balaban J connectivity index is 1.43. The molecule has 0 unspecified atom stereocenters. The summed E-state index contributed by atoms with van der Waals surface area (Å²) in [7, 11) is 0. The molecule has 7 heteroatoms. The van der Waals surface area contributed by atoms with E-state index < -0.39 is 6.10 Å². The van der Waals surface area contributed by atoms with Crippen molar-refractivity contribution >= 4 is 5.91 Å². The molecule has 1 aromatic carbocycles. The molecule has 1 aliphatic heterocycles. The number of H-pyrrole nitrogens is 2. The third kappa shape index (κ3) is 3.25. The smallest absolute Gasteiger partial charge is 0.253 e. The molecular weight excluding hydrogens is 330 g/mol. The molecule has 3 heterocycles. The Morgan fingerprint density at radius 1 is 1.23 bits per heavy atom. The van der Waals surface area contributed by atoms with E-state index in [1.54, 1.807) is 11.1 Å². The van der Waals surface area contributed by atoms with Crippen molar-refractivity contribution in [1.82, 2.24) is 25.3 Å². The van der Waals surface area contributed by atoms with Crippen molar-refractivity contribution in [3.8, 4) is 11.3 Å². The average Bonchev–Trinajstić information content (AvgIpc) is 3.38. The number of aromatic nitrogens is 4. The number of carbonyl (C=O) groups is 1. The van der Waals surface area contributed by atoms with Gasteiger partial charge < -0.3 is 10.0 Å². The summed E-state index contributed by atoms with van der Waals surface area (Å²) in [5.74, 6) is -0.0492. The minimum atomic E-state index is -0.528. The second kappa shape index (κ2) is 6.76.